The summed E-state index contributed by atoms with van der Waals surface area (Å²) in [6.07, 6.45) is 7.24. The van der Waals surface area contributed by atoms with Gasteiger partial charge in [-0.05, 0) is 11.8 Å². The number of allylic oxidation sites excluding steroid dienone is 3. The van der Waals surface area contributed by atoms with Crippen molar-refractivity contribution >= 4 is 0 Å². The molecule has 0 heterocycles. The first-order chi connectivity index (χ1) is 4.06. The molecule has 0 heteroatoms. The summed E-state index contributed by atoms with van der Waals surface area (Å²) in [5.41, 5.74) is 0.322. The molecule has 0 aliphatic carbocycles. The minimum absolute atomic E-state index is 0.322. The number of rotatable bonds is 2. The van der Waals surface area contributed by atoms with Crippen molar-refractivity contribution < 1.29 is 0 Å². The summed E-state index contributed by atoms with van der Waals surface area (Å²) < 4.78 is 0. The zero-order chi connectivity index (χ0) is 7.33. The third-order valence-electron chi connectivity index (χ3n) is 0.921. The average Bonchev–Trinajstić information content (AvgIpc) is 1.63. The standard InChI is InChI=1S/C9H16/c1-5-6-7-8-9(2,3)4/h5,7-8H,1,6H2,2-4H3/b8-7+. The van der Waals surface area contributed by atoms with Gasteiger partial charge in [0.05, 0.1) is 0 Å². The smallest absolute Gasteiger partial charge is 0.0172 e. The number of hydrogen-bond acceptors (Lipinski definition) is 0. The van der Waals surface area contributed by atoms with Gasteiger partial charge in [-0.1, -0.05) is 39.0 Å². The van der Waals surface area contributed by atoms with Gasteiger partial charge in [-0.2, -0.15) is 0 Å². The van der Waals surface area contributed by atoms with Crippen molar-refractivity contribution in [1.29, 1.82) is 0 Å². The van der Waals surface area contributed by atoms with E-state index in [2.05, 4.69) is 39.5 Å². The van der Waals surface area contributed by atoms with Gasteiger partial charge in [0.25, 0.3) is 0 Å². The van der Waals surface area contributed by atoms with Crippen LogP contribution in [0.15, 0.2) is 24.8 Å². The van der Waals surface area contributed by atoms with Crippen LogP contribution < -0.4 is 0 Å². The monoisotopic (exact) mass is 124 g/mol. The average molecular weight is 124 g/mol. The lowest BCUT2D eigenvalue weighted by Gasteiger charge is -2.10. The molecule has 0 amide bonds. The molecule has 9 heavy (non-hydrogen) atoms. The van der Waals surface area contributed by atoms with Crippen LogP contribution in [-0.2, 0) is 0 Å². The van der Waals surface area contributed by atoms with Gasteiger partial charge in [0, 0.05) is 0 Å². The van der Waals surface area contributed by atoms with Gasteiger partial charge in [-0.3, -0.25) is 0 Å². The highest BCUT2D eigenvalue weighted by molar-refractivity contribution is 4.95. The normalized spacial score (nSPS) is 12.3. The molecular weight excluding hydrogens is 108 g/mol. The van der Waals surface area contributed by atoms with E-state index in [1.54, 1.807) is 0 Å². The Morgan fingerprint density at radius 3 is 2.22 bits per heavy atom. The summed E-state index contributed by atoms with van der Waals surface area (Å²) in [6.45, 7) is 10.2. The van der Waals surface area contributed by atoms with E-state index in [4.69, 9.17) is 0 Å². The fourth-order valence-electron chi connectivity index (χ4n) is 0.518. The molecular formula is C9H16. The van der Waals surface area contributed by atoms with Crippen LogP contribution in [0.4, 0.5) is 0 Å². The maximum absolute atomic E-state index is 3.63. The zero-order valence-corrected chi connectivity index (χ0v) is 6.65. The van der Waals surface area contributed by atoms with E-state index in [0.717, 1.165) is 6.42 Å². The van der Waals surface area contributed by atoms with Crippen LogP contribution in [0, 0.1) is 5.41 Å². The molecule has 0 rings (SSSR count). The van der Waals surface area contributed by atoms with Gasteiger partial charge in [-0.15, -0.1) is 6.58 Å². The van der Waals surface area contributed by atoms with Crippen molar-refractivity contribution in [3.05, 3.63) is 24.8 Å². The van der Waals surface area contributed by atoms with E-state index in [0.29, 0.717) is 5.41 Å². The van der Waals surface area contributed by atoms with Gasteiger partial charge >= 0.3 is 0 Å². The summed E-state index contributed by atoms with van der Waals surface area (Å²) in [5, 5.41) is 0. The summed E-state index contributed by atoms with van der Waals surface area (Å²) in [4.78, 5) is 0. The first kappa shape index (κ1) is 8.48. The highest BCUT2D eigenvalue weighted by atomic mass is 14.1. The fraction of sp³-hybridized carbons (Fsp3) is 0.556. The Morgan fingerprint density at radius 2 is 1.89 bits per heavy atom. The Bertz CT molecular complexity index is 102. The van der Waals surface area contributed by atoms with Gasteiger partial charge in [-0.25, -0.2) is 0 Å². The Morgan fingerprint density at radius 1 is 1.33 bits per heavy atom. The van der Waals surface area contributed by atoms with Crippen molar-refractivity contribution in [1.82, 2.24) is 0 Å². The molecule has 0 unspecified atom stereocenters. The van der Waals surface area contributed by atoms with Gasteiger partial charge in [0.2, 0.25) is 0 Å². The van der Waals surface area contributed by atoms with Gasteiger partial charge in [0.15, 0.2) is 0 Å². The first-order valence-corrected chi connectivity index (χ1v) is 3.35. The highest BCUT2D eigenvalue weighted by Gasteiger charge is 2.01. The van der Waals surface area contributed by atoms with Crippen molar-refractivity contribution in [2.75, 3.05) is 0 Å². The molecule has 0 nitrogen and oxygen atoms in total. The predicted molar refractivity (Wildman–Crippen MR) is 43.4 cm³/mol. The Kier molecular flexibility index (Phi) is 3.29. The molecule has 0 aliphatic heterocycles. The van der Waals surface area contributed by atoms with E-state index >= 15 is 0 Å². The van der Waals surface area contributed by atoms with Crippen LogP contribution in [0.3, 0.4) is 0 Å². The summed E-state index contributed by atoms with van der Waals surface area (Å²) in [5.74, 6) is 0. The summed E-state index contributed by atoms with van der Waals surface area (Å²) in [7, 11) is 0. The van der Waals surface area contributed by atoms with E-state index in [9.17, 15) is 0 Å². The molecule has 0 saturated heterocycles. The lowest BCUT2D eigenvalue weighted by atomic mass is 9.96. The highest BCUT2D eigenvalue weighted by Crippen LogP contribution is 2.14. The minimum atomic E-state index is 0.322. The zero-order valence-electron chi connectivity index (χ0n) is 6.65. The van der Waals surface area contributed by atoms with Crippen LogP contribution in [-0.4, -0.2) is 0 Å². The molecule has 0 aromatic heterocycles. The summed E-state index contributed by atoms with van der Waals surface area (Å²) >= 11 is 0. The van der Waals surface area contributed by atoms with Crippen molar-refractivity contribution in [3.8, 4) is 0 Å². The molecule has 0 fully saturated rings. The molecule has 0 aliphatic rings. The molecule has 0 aromatic carbocycles. The Balaban J connectivity index is 3.57. The summed E-state index contributed by atoms with van der Waals surface area (Å²) in [6, 6.07) is 0. The van der Waals surface area contributed by atoms with E-state index in [1.807, 2.05) is 6.08 Å². The minimum Gasteiger partial charge on any atom is -0.103 e. The number of hydrogen-bond donors (Lipinski definition) is 0. The van der Waals surface area contributed by atoms with Crippen LogP contribution in [0.2, 0.25) is 0 Å². The second kappa shape index (κ2) is 3.49. The van der Waals surface area contributed by atoms with Crippen LogP contribution in [0.5, 0.6) is 0 Å². The van der Waals surface area contributed by atoms with E-state index in [-0.39, 0.29) is 0 Å². The lowest BCUT2D eigenvalue weighted by molar-refractivity contribution is 0.543. The second-order valence-corrected chi connectivity index (χ2v) is 3.29. The maximum atomic E-state index is 3.63. The molecule has 0 atom stereocenters. The Labute approximate surface area is 58.3 Å². The molecule has 0 N–H and O–H groups in total. The Hall–Kier alpha value is -0.520. The molecule has 52 valence electrons. The molecule has 0 radical (unpaired) electrons. The molecule has 0 saturated carbocycles. The van der Waals surface area contributed by atoms with Crippen molar-refractivity contribution in [2.24, 2.45) is 5.41 Å². The van der Waals surface area contributed by atoms with Crippen molar-refractivity contribution in [2.45, 2.75) is 27.2 Å². The maximum Gasteiger partial charge on any atom is -0.0172 e. The topological polar surface area (TPSA) is 0 Å². The quantitative estimate of drug-likeness (QED) is 0.496. The molecule has 0 aromatic rings. The largest absolute Gasteiger partial charge is 0.103 e. The van der Waals surface area contributed by atoms with Crippen LogP contribution in [0.1, 0.15) is 27.2 Å². The SMILES string of the molecule is C=CC/C=C/C(C)(C)C. The predicted octanol–water partition coefficient (Wildman–Crippen LogP) is 3.16. The third-order valence-corrected chi connectivity index (χ3v) is 0.921. The molecule has 0 spiro atoms. The van der Waals surface area contributed by atoms with Crippen LogP contribution in [0.25, 0.3) is 0 Å². The fourth-order valence-corrected chi connectivity index (χ4v) is 0.518. The van der Waals surface area contributed by atoms with Crippen molar-refractivity contribution in [3.63, 3.8) is 0 Å². The lowest BCUT2D eigenvalue weighted by Crippen LogP contribution is -1.97. The second-order valence-electron chi connectivity index (χ2n) is 3.29. The van der Waals surface area contributed by atoms with E-state index < -0.39 is 0 Å². The van der Waals surface area contributed by atoms with Crippen LogP contribution >= 0.6 is 0 Å². The first-order valence-electron chi connectivity index (χ1n) is 3.35. The van der Waals surface area contributed by atoms with E-state index in [1.165, 1.54) is 0 Å². The molecule has 0 bridgehead atoms. The van der Waals surface area contributed by atoms with Gasteiger partial charge < -0.3 is 0 Å². The third kappa shape index (κ3) is 7.48. The van der Waals surface area contributed by atoms with Gasteiger partial charge in [0.1, 0.15) is 0 Å².